The van der Waals surface area contributed by atoms with Gasteiger partial charge in [-0.05, 0) is 5.56 Å². The van der Waals surface area contributed by atoms with Gasteiger partial charge in [0, 0.05) is 12.5 Å². The molecule has 0 heterocycles. The summed E-state index contributed by atoms with van der Waals surface area (Å²) in [7, 11) is -10.9. The molecule has 1 unspecified atom stereocenters. The van der Waals surface area contributed by atoms with Crippen LogP contribution in [0.2, 0.25) is 0 Å². The van der Waals surface area contributed by atoms with E-state index in [1.54, 1.807) is 18.2 Å². The lowest BCUT2D eigenvalue weighted by atomic mass is 10.1. The van der Waals surface area contributed by atoms with Gasteiger partial charge in [0.15, 0.2) is 0 Å². The molecule has 0 radical (unpaired) electrons. The molecular weight excluding hydrogens is 296 g/mol. The first-order valence-corrected chi connectivity index (χ1v) is 8.36. The average Bonchev–Trinajstić information content (AvgIpc) is 2.27. The van der Waals surface area contributed by atoms with E-state index in [9.17, 15) is 14.2 Å². The average molecular weight is 311 g/mol. The molecule has 1 atom stereocenters. The maximum absolute atomic E-state index is 11.2. The van der Waals surface area contributed by atoms with Crippen LogP contribution >= 0.6 is 15.2 Å². The van der Waals surface area contributed by atoms with Gasteiger partial charge in [-0.2, -0.15) is 0 Å². The molecule has 1 aromatic carbocycles. The van der Waals surface area contributed by atoms with E-state index in [0.717, 1.165) is 0 Å². The van der Waals surface area contributed by atoms with Crippen LogP contribution in [0, 0.1) is 0 Å². The topological polar surface area (TPSA) is 161 Å². The zero-order chi connectivity index (χ0) is 14.9. The molecule has 1 rings (SSSR count). The van der Waals surface area contributed by atoms with E-state index in [4.69, 9.17) is 25.3 Å². The molecule has 8 nitrogen and oxygen atoms in total. The van der Waals surface area contributed by atoms with Crippen molar-refractivity contribution >= 4 is 15.2 Å². The number of hydrogen-bond acceptors (Lipinski definition) is 4. The van der Waals surface area contributed by atoms with Gasteiger partial charge < -0.3 is 30.4 Å². The molecule has 0 aliphatic rings. The highest BCUT2D eigenvalue weighted by molar-refractivity contribution is 7.72. The molecule has 1 aromatic rings. The fourth-order valence-corrected chi connectivity index (χ4v) is 3.75. The zero-order valence-electron chi connectivity index (χ0n) is 9.70. The van der Waals surface area contributed by atoms with E-state index >= 15 is 0 Å². The second kappa shape index (κ2) is 5.44. The molecule has 0 bridgehead atoms. The van der Waals surface area contributed by atoms with Gasteiger partial charge in [0.2, 0.25) is 0 Å². The first kappa shape index (κ1) is 16.5. The van der Waals surface area contributed by atoms with Crippen molar-refractivity contribution in [3.05, 3.63) is 35.9 Å². The lowest BCUT2D eigenvalue weighted by Crippen LogP contribution is -2.33. The maximum Gasteiger partial charge on any atom is 0.369 e. The number of hydrogen-bond donors (Lipinski definition) is 6. The standard InChI is InChI=1S/C9H15NO7P2/c10-8(7-4-2-1-3-5-7)6-9(11,18(12,13)14)19(15,16)17/h1-5,8,11H,6,10H2,(H2,12,13,14)(H2,15,16,17). The van der Waals surface area contributed by atoms with Crippen LogP contribution in [0.25, 0.3) is 0 Å². The fourth-order valence-electron chi connectivity index (χ4n) is 1.52. The number of benzene rings is 1. The van der Waals surface area contributed by atoms with Crippen molar-refractivity contribution in [2.24, 2.45) is 5.73 Å². The normalized spacial score (nSPS) is 15.3. The molecule has 0 fully saturated rings. The number of rotatable bonds is 5. The third-order valence-corrected chi connectivity index (χ3v) is 6.45. The molecule has 0 aliphatic carbocycles. The summed E-state index contributed by atoms with van der Waals surface area (Å²) in [5.74, 6) is 0. The summed E-state index contributed by atoms with van der Waals surface area (Å²) in [6.45, 7) is 0. The number of aliphatic hydroxyl groups is 1. The van der Waals surface area contributed by atoms with Gasteiger partial charge in [0.25, 0.3) is 5.08 Å². The van der Waals surface area contributed by atoms with Crippen molar-refractivity contribution in [2.45, 2.75) is 17.5 Å². The van der Waals surface area contributed by atoms with Gasteiger partial charge in [0.1, 0.15) is 0 Å². The molecule has 7 N–H and O–H groups in total. The summed E-state index contributed by atoms with van der Waals surface area (Å²) in [5, 5.41) is 6.22. The fraction of sp³-hybridized carbons (Fsp3) is 0.333. The Bertz CT molecular complexity index is 501. The van der Waals surface area contributed by atoms with Crippen LogP contribution in [0.3, 0.4) is 0 Å². The van der Waals surface area contributed by atoms with Crippen molar-refractivity contribution in [3.8, 4) is 0 Å². The van der Waals surface area contributed by atoms with E-state index in [-0.39, 0.29) is 0 Å². The van der Waals surface area contributed by atoms with Gasteiger partial charge >= 0.3 is 15.2 Å². The number of nitrogens with two attached hydrogens (primary N) is 1. The Kier molecular flexibility index (Phi) is 4.72. The Balaban J connectivity index is 3.12. The Morgan fingerprint density at radius 1 is 1.05 bits per heavy atom. The van der Waals surface area contributed by atoms with Crippen LogP contribution in [0.15, 0.2) is 30.3 Å². The molecule has 108 valence electrons. The SMILES string of the molecule is NC(CC(O)(P(=O)(O)O)P(=O)(O)O)c1ccccc1. The minimum Gasteiger partial charge on any atom is -0.367 e. The molecule has 0 amide bonds. The summed E-state index contributed by atoms with van der Waals surface area (Å²) in [6, 6.07) is 6.78. The Labute approximate surface area is 109 Å². The van der Waals surface area contributed by atoms with E-state index in [1.807, 2.05) is 0 Å². The second-order valence-electron chi connectivity index (χ2n) is 4.08. The molecule has 0 spiro atoms. The molecule has 0 saturated heterocycles. The highest BCUT2D eigenvalue weighted by atomic mass is 31.2. The molecule has 0 saturated carbocycles. The Hall–Kier alpha value is -0.560. The minimum atomic E-state index is -5.47. The second-order valence-corrected chi connectivity index (χ2v) is 8.09. The smallest absolute Gasteiger partial charge is 0.367 e. The highest BCUT2D eigenvalue weighted by Crippen LogP contribution is 2.69. The summed E-state index contributed by atoms with van der Waals surface area (Å²) >= 11 is 0. The molecule has 19 heavy (non-hydrogen) atoms. The highest BCUT2D eigenvalue weighted by Gasteiger charge is 2.59. The summed E-state index contributed by atoms with van der Waals surface area (Å²) < 4.78 is 22.3. The lowest BCUT2D eigenvalue weighted by Gasteiger charge is -2.31. The van der Waals surface area contributed by atoms with Crippen LogP contribution < -0.4 is 5.73 Å². The van der Waals surface area contributed by atoms with E-state index < -0.39 is 32.7 Å². The van der Waals surface area contributed by atoms with Crippen molar-refractivity contribution in [1.82, 2.24) is 0 Å². The van der Waals surface area contributed by atoms with E-state index in [0.29, 0.717) is 5.56 Å². The molecule has 0 aliphatic heterocycles. The molecule has 0 aromatic heterocycles. The third-order valence-electron chi connectivity index (χ3n) is 2.65. The third kappa shape index (κ3) is 3.51. The van der Waals surface area contributed by atoms with Crippen LogP contribution in [-0.2, 0) is 9.13 Å². The lowest BCUT2D eigenvalue weighted by molar-refractivity contribution is 0.116. The van der Waals surface area contributed by atoms with Gasteiger partial charge in [-0.3, -0.25) is 9.13 Å². The van der Waals surface area contributed by atoms with Crippen LogP contribution in [0.5, 0.6) is 0 Å². The quantitative estimate of drug-likeness (QED) is 0.416. The largest absolute Gasteiger partial charge is 0.369 e. The first-order valence-electron chi connectivity index (χ1n) is 5.13. The maximum atomic E-state index is 11.2. The minimum absolute atomic E-state index is 0.392. The first-order chi connectivity index (χ1) is 8.49. The predicted molar refractivity (Wildman–Crippen MR) is 67.0 cm³/mol. The van der Waals surface area contributed by atoms with Crippen LogP contribution in [0.4, 0.5) is 0 Å². The van der Waals surface area contributed by atoms with Gasteiger partial charge in [-0.1, -0.05) is 30.3 Å². The monoisotopic (exact) mass is 311 g/mol. The van der Waals surface area contributed by atoms with Crippen molar-refractivity contribution in [2.75, 3.05) is 0 Å². The Morgan fingerprint density at radius 3 is 1.84 bits per heavy atom. The van der Waals surface area contributed by atoms with Crippen molar-refractivity contribution in [3.63, 3.8) is 0 Å². The van der Waals surface area contributed by atoms with Crippen LogP contribution in [0.1, 0.15) is 18.0 Å². The van der Waals surface area contributed by atoms with Gasteiger partial charge in [0.05, 0.1) is 0 Å². The van der Waals surface area contributed by atoms with Gasteiger partial charge in [-0.15, -0.1) is 0 Å². The van der Waals surface area contributed by atoms with Gasteiger partial charge in [-0.25, -0.2) is 0 Å². The summed E-state index contributed by atoms with van der Waals surface area (Å²) in [4.78, 5) is 35.9. The van der Waals surface area contributed by atoms with Crippen molar-refractivity contribution < 1.29 is 33.8 Å². The van der Waals surface area contributed by atoms with Crippen LogP contribution in [-0.4, -0.2) is 29.8 Å². The summed E-state index contributed by atoms with van der Waals surface area (Å²) in [6.07, 6.45) is -0.967. The molecule has 10 heteroatoms. The summed E-state index contributed by atoms with van der Waals surface area (Å²) in [5.41, 5.74) is 6.02. The molecular formula is C9H15NO7P2. The predicted octanol–water partition coefficient (Wildman–Crippen LogP) is 0.0780. The van der Waals surface area contributed by atoms with Crippen molar-refractivity contribution in [1.29, 1.82) is 0 Å². The zero-order valence-corrected chi connectivity index (χ0v) is 11.5. The Morgan fingerprint density at radius 2 is 1.47 bits per heavy atom. The van der Waals surface area contributed by atoms with E-state index in [2.05, 4.69) is 0 Å². The van der Waals surface area contributed by atoms with E-state index in [1.165, 1.54) is 12.1 Å².